The van der Waals surface area contributed by atoms with Gasteiger partial charge >= 0.3 is 0 Å². The van der Waals surface area contributed by atoms with E-state index in [-0.39, 0.29) is 0 Å². The first-order valence-corrected chi connectivity index (χ1v) is 19.2. The average molecular weight is 706 g/mol. The monoisotopic (exact) mass is 705 g/mol. The maximum Gasteiger partial charge on any atom is 0.0546 e. The topological polar surface area (TPSA) is 3.24 Å². The van der Waals surface area contributed by atoms with Crippen LogP contribution < -0.4 is 4.90 Å². The van der Waals surface area contributed by atoms with Crippen molar-refractivity contribution < 1.29 is 0 Å². The fourth-order valence-electron chi connectivity index (χ4n) is 7.92. The molecule has 2 heteroatoms. The Balaban J connectivity index is 1.25. The Hall–Kier alpha value is -6.74. The molecule has 9 aromatic carbocycles. The number of hydrogen-bond donors (Lipinski definition) is 0. The van der Waals surface area contributed by atoms with E-state index in [1.165, 1.54) is 75.5 Å². The standard InChI is InChI=1S/C52H35NS/c1-3-15-36(16-4-1)37-29-32-41(33-30-37)53(49-27-11-9-22-45(49)47-25-14-26-48-46-23-10-12-28-51(46)54-52(47)48)50-35-40(31-34-44(50)39-17-5-2-6-18-39)43-24-13-20-38-19-7-8-21-42(38)43/h1-35H. The second-order valence-electron chi connectivity index (χ2n) is 13.7. The Morgan fingerprint density at radius 1 is 0.315 bits per heavy atom. The first-order valence-electron chi connectivity index (χ1n) is 18.4. The van der Waals surface area contributed by atoms with Crippen LogP contribution in [0.5, 0.6) is 0 Å². The van der Waals surface area contributed by atoms with E-state index in [1.54, 1.807) is 0 Å². The van der Waals surface area contributed by atoms with Crippen LogP contribution >= 0.6 is 11.3 Å². The summed E-state index contributed by atoms with van der Waals surface area (Å²) in [4.78, 5) is 2.48. The Morgan fingerprint density at radius 3 is 1.72 bits per heavy atom. The molecular weight excluding hydrogens is 671 g/mol. The molecule has 0 unspecified atom stereocenters. The second-order valence-corrected chi connectivity index (χ2v) is 14.7. The molecule has 0 aliphatic carbocycles. The summed E-state index contributed by atoms with van der Waals surface area (Å²) in [6.07, 6.45) is 0. The number of fused-ring (bicyclic) bond motifs is 4. The molecule has 1 heterocycles. The molecule has 0 amide bonds. The highest BCUT2D eigenvalue weighted by Gasteiger charge is 2.23. The molecule has 0 aliphatic rings. The van der Waals surface area contributed by atoms with E-state index in [1.807, 2.05) is 11.3 Å². The zero-order valence-electron chi connectivity index (χ0n) is 29.6. The highest BCUT2D eigenvalue weighted by molar-refractivity contribution is 7.26. The van der Waals surface area contributed by atoms with Crippen molar-refractivity contribution in [3.8, 4) is 44.5 Å². The van der Waals surface area contributed by atoms with Gasteiger partial charge in [0.15, 0.2) is 0 Å². The van der Waals surface area contributed by atoms with Crippen LogP contribution in [0, 0.1) is 0 Å². The summed E-state index contributed by atoms with van der Waals surface area (Å²) in [7, 11) is 0. The Morgan fingerprint density at radius 2 is 0.889 bits per heavy atom. The molecule has 0 N–H and O–H groups in total. The van der Waals surface area contributed by atoms with Crippen LogP contribution in [0.3, 0.4) is 0 Å². The predicted molar refractivity (Wildman–Crippen MR) is 233 cm³/mol. The van der Waals surface area contributed by atoms with E-state index in [9.17, 15) is 0 Å². The van der Waals surface area contributed by atoms with Gasteiger partial charge in [0, 0.05) is 42.6 Å². The van der Waals surface area contributed by atoms with E-state index < -0.39 is 0 Å². The lowest BCUT2D eigenvalue weighted by molar-refractivity contribution is 1.28. The van der Waals surface area contributed by atoms with E-state index in [4.69, 9.17) is 0 Å². The minimum atomic E-state index is 1.10. The van der Waals surface area contributed by atoms with Gasteiger partial charge in [-0.1, -0.05) is 182 Å². The maximum absolute atomic E-state index is 2.48. The van der Waals surface area contributed by atoms with Crippen molar-refractivity contribution in [3.63, 3.8) is 0 Å². The molecular formula is C52H35NS. The molecule has 0 saturated heterocycles. The van der Waals surface area contributed by atoms with E-state index in [0.29, 0.717) is 0 Å². The number of benzene rings is 9. The van der Waals surface area contributed by atoms with Crippen LogP contribution in [-0.2, 0) is 0 Å². The van der Waals surface area contributed by atoms with Gasteiger partial charge in [0.2, 0.25) is 0 Å². The molecule has 254 valence electrons. The molecule has 0 aliphatic heterocycles. The summed E-state index contributed by atoms with van der Waals surface area (Å²) in [5.41, 5.74) is 12.9. The molecule has 1 nitrogen and oxygen atoms in total. The molecule has 0 spiro atoms. The van der Waals surface area contributed by atoms with Crippen LogP contribution in [0.4, 0.5) is 17.1 Å². The fourth-order valence-corrected chi connectivity index (χ4v) is 9.15. The molecule has 0 saturated carbocycles. The number of para-hydroxylation sites is 1. The first kappa shape index (κ1) is 32.0. The lowest BCUT2D eigenvalue weighted by Gasteiger charge is -2.31. The average Bonchev–Trinajstić information content (AvgIpc) is 3.64. The minimum Gasteiger partial charge on any atom is -0.309 e. The quantitative estimate of drug-likeness (QED) is 0.160. The van der Waals surface area contributed by atoms with Gasteiger partial charge in [-0.05, 0) is 68.9 Å². The Bertz CT molecular complexity index is 2920. The first-order chi connectivity index (χ1) is 26.8. The highest BCUT2D eigenvalue weighted by atomic mass is 32.1. The Labute approximate surface area is 319 Å². The largest absolute Gasteiger partial charge is 0.309 e. The molecule has 54 heavy (non-hydrogen) atoms. The maximum atomic E-state index is 2.48. The molecule has 0 radical (unpaired) electrons. The molecule has 0 fully saturated rings. The van der Waals surface area contributed by atoms with Gasteiger partial charge in [-0.25, -0.2) is 0 Å². The van der Waals surface area contributed by atoms with Crippen molar-refractivity contribution in [2.75, 3.05) is 4.90 Å². The van der Waals surface area contributed by atoms with Crippen LogP contribution in [-0.4, -0.2) is 0 Å². The van der Waals surface area contributed by atoms with Crippen molar-refractivity contribution in [2.45, 2.75) is 0 Å². The SMILES string of the molecule is c1ccc(-c2ccc(N(c3cc(-c4cccc5ccccc45)ccc3-c3ccccc3)c3ccccc3-c3cccc4c3sc3ccccc34)cc2)cc1. The van der Waals surface area contributed by atoms with Gasteiger partial charge in [-0.15, -0.1) is 11.3 Å². The van der Waals surface area contributed by atoms with Crippen LogP contribution in [0.15, 0.2) is 212 Å². The lowest BCUT2D eigenvalue weighted by Crippen LogP contribution is -2.12. The zero-order chi connectivity index (χ0) is 35.8. The number of rotatable bonds is 7. The third kappa shape index (κ3) is 5.65. The van der Waals surface area contributed by atoms with Gasteiger partial charge < -0.3 is 4.90 Å². The van der Waals surface area contributed by atoms with Gasteiger partial charge in [0.1, 0.15) is 0 Å². The van der Waals surface area contributed by atoms with Gasteiger partial charge in [-0.3, -0.25) is 0 Å². The van der Waals surface area contributed by atoms with Crippen LogP contribution in [0.1, 0.15) is 0 Å². The summed E-state index contributed by atoms with van der Waals surface area (Å²) in [6.45, 7) is 0. The molecule has 1 aromatic heterocycles. The van der Waals surface area contributed by atoms with Gasteiger partial charge in [-0.2, -0.15) is 0 Å². The number of anilines is 3. The van der Waals surface area contributed by atoms with E-state index in [2.05, 4.69) is 217 Å². The van der Waals surface area contributed by atoms with Crippen molar-refractivity contribution in [1.29, 1.82) is 0 Å². The zero-order valence-corrected chi connectivity index (χ0v) is 30.4. The predicted octanol–water partition coefficient (Wildman–Crippen LogP) is 15.3. The summed E-state index contributed by atoms with van der Waals surface area (Å²) in [5.74, 6) is 0. The van der Waals surface area contributed by atoms with Crippen molar-refractivity contribution in [3.05, 3.63) is 212 Å². The third-order valence-electron chi connectivity index (χ3n) is 10.5. The van der Waals surface area contributed by atoms with Crippen molar-refractivity contribution >= 4 is 59.3 Å². The smallest absolute Gasteiger partial charge is 0.0546 e. The van der Waals surface area contributed by atoms with Crippen molar-refractivity contribution in [2.24, 2.45) is 0 Å². The van der Waals surface area contributed by atoms with Crippen molar-refractivity contribution in [1.82, 2.24) is 0 Å². The van der Waals surface area contributed by atoms with Crippen LogP contribution in [0.25, 0.3) is 75.5 Å². The molecule has 0 atom stereocenters. The van der Waals surface area contributed by atoms with E-state index in [0.717, 1.165) is 17.1 Å². The lowest BCUT2D eigenvalue weighted by atomic mass is 9.93. The molecule has 10 aromatic rings. The van der Waals surface area contributed by atoms with E-state index >= 15 is 0 Å². The third-order valence-corrected chi connectivity index (χ3v) is 11.7. The summed E-state index contributed by atoms with van der Waals surface area (Å²) >= 11 is 1.88. The molecule has 0 bridgehead atoms. The summed E-state index contributed by atoms with van der Waals surface area (Å²) in [5, 5.41) is 5.08. The summed E-state index contributed by atoms with van der Waals surface area (Å²) in [6, 6.07) is 77.2. The molecule has 10 rings (SSSR count). The Kier molecular flexibility index (Phi) is 8.09. The van der Waals surface area contributed by atoms with Crippen LogP contribution in [0.2, 0.25) is 0 Å². The second kappa shape index (κ2) is 13.7. The normalized spacial score (nSPS) is 11.3. The number of thiophene rings is 1. The summed E-state index contributed by atoms with van der Waals surface area (Å²) < 4.78 is 2.61. The highest BCUT2D eigenvalue weighted by Crippen LogP contribution is 2.49. The van der Waals surface area contributed by atoms with Gasteiger partial charge in [0.25, 0.3) is 0 Å². The fraction of sp³-hybridized carbons (Fsp3) is 0. The minimum absolute atomic E-state index is 1.10. The van der Waals surface area contributed by atoms with Gasteiger partial charge in [0.05, 0.1) is 11.4 Å². The number of hydrogen-bond acceptors (Lipinski definition) is 2. The number of nitrogens with zero attached hydrogens (tertiary/aromatic N) is 1.